The molecule has 1 heterocycles. The van der Waals surface area contributed by atoms with Crippen molar-refractivity contribution in [3.05, 3.63) is 69.2 Å². The highest BCUT2D eigenvalue weighted by atomic mass is 127. The van der Waals surface area contributed by atoms with Crippen molar-refractivity contribution in [3.8, 4) is 0 Å². The number of carbonyl (C=O) groups excluding carboxylic acids is 1. The van der Waals surface area contributed by atoms with E-state index >= 15 is 0 Å². The molecule has 1 saturated heterocycles. The Morgan fingerprint density at radius 1 is 1.06 bits per heavy atom. The first-order valence-electron chi connectivity index (χ1n) is 11.3. The van der Waals surface area contributed by atoms with E-state index in [1.165, 1.54) is 24.0 Å². The fourth-order valence-corrected chi connectivity index (χ4v) is 4.81. The lowest BCUT2D eigenvalue weighted by atomic mass is 9.88. The third kappa shape index (κ3) is 7.61. The zero-order chi connectivity index (χ0) is 22.6. The molecule has 0 bridgehead atoms. The number of aryl methyl sites for hydroxylation is 1. The number of nitrogens with zero attached hydrogens (tertiary/aromatic N) is 1. The maximum atomic E-state index is 12.8. The molecule has 3 nitrogen and oxygen atoms in total. The Labute approximate surface area is 220 Å². The Bertz CT molecular complexity index is 893. The molecule has 2 aromatic rings. The molecule has 32 heavy (non-hydrogen) atoms. The second-order valence-corrected chi connectivity index (χ2v) is 10.6. The second kappa shape index (κ2) is 12.0. The van der Waals surface area contributed by atoms with E-state index in [0.717, 1.165) is 36.1 Å². The molecule has 1 N–H and O–H groups in total. The van der Waals surface area contributed by atoms with Crippen LogP contribution in [0.2, 0.25) is 10.0 Å². The van der Waals surface area contributed by atoms with E-state index in [4.69, 9.17) is 23.2 Å². The van der Waals surface area contributed by atoms with Crippen LogP contribution in [0.3, 0.4) is 0 Å². The molecular weight excluding hydrogens is 554 g/mol. The molecule has 3 rings (SSSR count). The van der Waals surface area contributed by atoms with Gasteiger partial charge in [0.25, 0.3) is 5.91 Å². The van der Waals surface area contributed by atoms with Crippen LogP contribution in [0.4, 0.5) is 0 Å². The number of rotatable bonds is 7. The maximum absolute atomic E-state index is 12.8. The number of likely N-dealkylation sites (tertiary alicyclic amines) is 1. The first kappa shape index (κ1) is 27.4. The van der Waals surface area contributed by atoms with Gasteiger partial charge in [-0.15, -0.1) is 0 Å². The predicted octanol–water partition coefficient (Wildman–Crippen LogP) is 3.16. The fourth-order valence-electron chi connectivity index (χ4n) is 4.49. The maximum Gasteiger partial charge on any atom is 0.251 e. The average molecular weight is 589 g/mol. The molecule has 0 radical (unpaired) electrons. The van der Waals surface area contributed by atoms with Crippen LogP contribution < -0.4 is 29.3 Å². The van der Waals surface area contributed by atoms with Crippen LogP contribution in [-0.4, -0.2) is 43.1 Å². The molecule has 2 aromatic carbocycles. The van der Waals surface area contributed by atoms with Gasteiger partial charge in [-0.2, -0.15) is 0 Å². The van der Waals surface area contributed by atoms with Gasteiger partial charge in [-0.05, 0) is 67.9 Å². The normalized spacial score (nSPS) is 21.7. The molecule has 1 aliphatic heterocycles. The number of likely N-dealkylation sites (N-methyl/N-ethyl adjacent to an activating group) is 1. The Morgan fingerprint density at radius 2 is 1.69 bits per heavy atom. The van der Waals surface area contributed by atoms with Crippen LogP contribution in [0.1, 0.15) is 48.2 Å². The summed E-state index contributed by atoms with van der Waals surface area (Å²) in [6.07, 6.45) is 3.43. The summed E-state index contributed by atoms with van der Waals surface area (Å²) in [4.78, 5) is 12.8. The Hall–Kier alpha value is -0.820. The summed E-state index contributed by atoms with van der Waals surface area (Å²) in [5.74, 6) is 1.08. The third-order valence-corrected chi connectivity index (χ3v) is 7.47. The molecule has 0 saturated carbocycles. The topological polar surface area (TPSA) is 29.1 Å². The van der Waals surface area contributed by atoms with Crippen molar-refractivity contribution in [2.75, 3.05) is 26.7 Å². The molecule has 1 fully saturated rings. The van der Waals surface area contributed by atoms with Crippen molar-refractivity contribution in [1.82, 2.24) is 5.32 Å². The highest BCUT2D eigenvalue weighted by Crippen LogP contribution is 2.29. The summed E-state index contributed by atoms with van der Waals surface area (Å²) in [6.45, 7) is 9.67. The van der Waals surface area contributed by atoms with Crippen LogP contribution in [0, 0.1) is 18.8 Å². The Balaban J connectivity index is 0.00000363. The number of quaternary nitrogens is 1. The van der Waals surface area contributed by atoms with Gasteiger partial charge in [0, 0.05) is 5.56 Å². The first-order chi connectivity index (χ1) is 14.6. The molecule has 1 atom stereocenters. The zero-order valence-corrected chi connectivity index (χ0v) is 23.2. The number of nitrogens with one attached hydrogen (secondary N) is 1. The minimum absolute atomic E-state index is 0. The number of benzene rings is 2. The van der Waals surface area contributed by atoms with Crippen LogP contribution in [0.5, 0.6) is 0 Å². The number of hydrogen-bond acceptors (Lipinski definition) is 1. The largest absolute Gasteiger partial charge is 1.00 e. The number of amides is 1. The van der Waals surface area contributed by atoms with Gasteiger partial charge in [-0.1, -0.05) is 60.8 Å². The van der Waals surface area contributed by atoms with Crippen LogP contribution in [-0.2, 0) is 6.42 Å². The van der Waals surface area contributed by atoms with Gasteiger partial charge in [0.2, 0.25) is 0 Å². The number of piperidine rings is 1. The van der Waals surface area contributed by atoms with Crippen molar-refractivity contribution in [3.63, 3.8) is 0 Å². The first-order valence-corrected chi connectivity index (χ1v) is 12.1. The lowest BCUT2D eigenvalue weighted by Crippen LogP contribution is -3.00. The molecular formula is C26H35Cl2IN2O. The van der Waals surface area contributed by atoms with E-state index in [9.17, 15) is 4.79 Å². The van der Waals surface area contributed by atoms with Crippen LogP contribution in [0.25, 0.3) is 0 Å². The number of halogens is 3. The summed E-state index contributed by atoms with van der Waals surface area (Å²) in [5, 5.41) is 4.56. The molecule has 0 spiro atoms. The highest BCUT2D eigenvalue weighted by Gasteiger charge is 2.34. The number of carbonyl (C=O) groups is 1. The van der Waals surface area contributed by atoms with Gasteiger partial charge >= 0.3 is 0 Å². The Morgan fingerprint density at radius 3 is 2.25 bits per heavy atom. The van der Waals surface area contributed by atoms with E-state index in [1.807, 2.05) is 43.3 Å². The SMILES string of the molecule is Cc1ccc(C(=O)NC(C[N+]2(C)CCC(Cc3ccc(Cl)c(Cl)c3)CC2)C(C)C)cc1.[I-]. The summed E-state index contributed by atoms with van der Waals surface area (Å²) in [6, 6.07) is 13.9. The van der Waals surface area contributed by atoms with E-state index in [1.54, 1.807) is 0 Å². The standard InChI is InChI=1S/C26H34Cl2N2O.HI/c1-18(2)25(29-26(31)22-8-5-19(3)6-9-22)17-30(4)13-11-20(12-14-30)15-21-7-10-23(27)24(28)16-21;/h5-10,16,18,20,25H,11-15,17H2,1-4H3;1H. The average Bonchev–Trinajstić information content (AvgIpc) is 2.72. The molecule has 1 aliphatic rings. The van der Waals surface area contributed by atoms with Crippen LogP contribution in [0.15, 0.2) is 42.5 Å². The Kier molecular flexibility index (Phi) is 10.3. The van der Waals surface area contributed by atoms with Gasteiger partial charge in [-0.3, -0.25) is 4.79 Å². The third-order valence-electron chi connectivity index (χ3n) is 6.74. The van der Waals surface area contributed by atoms with E-state index < -0.39 is 0 Å². The van der Waals surface area contributed by atoms with Crippen molar-refractivity contribution in [2.45, 2.75) is 46.1 Å². The van der Waals surface area contributed by atoms with Crippen molar-refractivity contribution >= 4 is 29.1 Å². The lowest BCUT2D eigenvalue weighted by Gasteiger charge is -2.43. The summed E-state index contributed by atoms with van der Waals surface area (Å²) in [7, 11) is 2.34. The minimum atomic E-state index is 0. The molecule has 1 unspecified atom stereocenters. The lowest BCUT2D eigenvalue weighted by molar-refractivity contribution is -0.916. The minimum Gasteiger partial charge on any atom is -1.00 e. The zero-order valence-electron chi connectivity index (χ0n) is 19.5. The fraction of sp³-hybridized carbons (Fsp3) is 0.500. The summed E-state index contributed by atoms with van der Waals surface area (Å²) < 4.78 is 1.01. The van der Waals surface area contributed by atoms with Crippen LogP contribution >= 0.6 is 23.2 Å². The summed E-state index contributed by atoms with van der Waals surface area (Å²) >= 11 is 12.2. The quantitative estimate of drug-likeness (QED) is 0.391. The van der Waals surface area contributed by atoms with Gasteiger partial charge in [0.1, 0.15) is 0 Å². The molecule has 176 valence electrons. The molecule has 0 aliphatic carbocycles. The van der Waals surface area contributed by atoms with Gasteiger partial charge in [0.05, 0.1) is 42.8 Å². The van der Waals surface area contributed by atoms with Gasteiger partial charge in [0.15, 0.2) is 0 Å². The monoisotopic (exact) mass is 588 g/mol. The van der Waals surface area contributed by atoms with E-state index in [0.29, 0.717) is 21.9 Å². The molecule has 1 amide bonds. The molecule has 0 aromatic heterocycles. The smallest absolute Gasteiger partial charge is 0.251 e. The van der Waals surface area contributed by atoms with Gasteiger partial charge < -0.3 is 33.8 Å². The van der Waals surface area contributed by atoms with E-state index in [-0.39, 0.29) is 35.9 Å². The van der Waals surface area contributed by atoms with E-state index in [2.05, 4.69) is 32.3 Å². The molecule has 6 heteroatoms. The second-order valence-electron chi connectivity index (χ2n) is 9.84. The highest BCUT2D eigenvalue weighted by molar-refractivity contribution is 6.42. The van der Waals surface area contributed by atoms with Crippen molar-refractivity contribution in [1.29, 1.82) is 0 Å². The van der Waals surface area contributed by atoms with Crippen molar-refractivity contribution in [2.24, 2.45) is 11.8 Å². The van der Waals surface area contributed by atoms with Gasteiger partial charge in [-0.25, -0.2) is 0 Å². The summed E-state index contributed by atoms with van der Waals surface area (Å²) in [5.41, 5.74) is 3.17. The van der Waals surface area contributed by atoms with Crippen molar-refractivity contribution < 1.29 is 33.3 Å². The predicted molar refractivity (Wildman–Crippen MR) is 131 cm³/mol. The number of hydrogen-bond donors (Lipinski definition) is 1.